The lowest BCUT2D eigenvalue weighted by Gasteiger charge is -2.57. The van der Waals surface area contributed by atoms with Gasteiger partial charge in [-0.3, -0.25) is 0 Å². The second-order valence-corrected chi connectivity index (χ2v) is 9.16. The fourth-order valence-corrected chi connectivity index (χ4v) is 7.02. The number of hydrogen-bond donors (Lipinski definition) is 1. The van der Waals surface area contributed by atoms with Crippen LogP contribution in [0.2, 0.25) is 0 Å². The van der Waals surface area contributed by atoms with E-state index in [9.17, 15) is 9.50 Å². The third kappa shape index (κ3) is 2.13. The molecular formula is C21H31FO. The van der Waals surface area contributed by atoms with Gasteiger partial charge in [0, 0.05) is 0 Å². The summed E-state index contributed by atoms with van der Waals surface area (Å²) in [5, 5.41) is 10.1. The van der Waals surface area contributed by atoms with E-state index < -0.39 is 0 Å². The van der Waals surface area contributed by atoms with Crippen LogP contribution in [-0.4, -0.2) is 11.2 Å². The van der Waals surface area contributed by atoms with Crippen LogP contribution >= 0.6 is 0 Å². The maximum absolute atomic E-state index is 14.1. The van der Waals surface area contributed by atoms with Crippen molar-refractivity contribution in [1.82, 2.24) is 0 Å². The maximum atomic E-state index is 14.1. The molecule has 0 unspecified atom stereocenters. The van der Waals surface area contributed by atoms with Gasteiger partial charge >= 0.3 is 0 Å². The quantitative estimate of drug-likeness (QED) is 0.580. The zero-order valence-electron chi connectivity index (χ0n) is 14.9. The molecule has 4 aliphatic rings. The van der Waals surface area contributed by atoms with Crippen molar-refractivity contribution < 1.29 is 9.50 Å². The molecule has 6 atom stereocenters. The Morgan fingerprint density at radius 3 is 2.57 bits per heavy atom. The van der Waals surface area contributed by atoms with Gasteiger partial charge in [-0.2, -0.15) is 0 Å². The minimum absolute atomic E-state index is 0.0903. The summed E-state index contributed by atoms with van der Waals surface area (Å²) >= 11 is 0. The van der Waals surface area contributed by atoms with Gasteiger partial charge in [-0.15, -0.1) is 0 Å². The summed E-state index contributed by atoms with van der Waals surface area (Å²) in [5.41, 5.74) is 3.05. The summed E-state index contributed by atoms with van der Waals surface area (Å²) in [7, 11) is 0. The fraction of sp³-hybridized carbons (Fsp3) is 0.810. The van der Waals surface area contributed by atoms with Crippen LogP contribution in [0, 0.1) is 28.6 Å². The summed E-state index contributed by atoms with van der Waals surface area (Å²) in [5.74, 6) is 2.21. The zero-order chi connectivity index (χ0) is 16.4. The monoisotopic (exact) mass is 318 g/mol. The van der Waals surface area contributed by atoms with E-state index in [2.05, 4.69) is 19.9 Å². The van der Waals surface area contributed by atoms with Crippen molar-refractivity contribution in [3.63, 3.8) is 0 Å². The van der Waals surface area contributed by atoms with E-state index in [1.54, 1.807) is 6.92 Å². The summed E-state index contributed by atoms with van der Waals surface area (Å²) in [6.45, 7) is 6.46. The van der Waals surface area contributed by atoms with Crippen LogP contribution in [-0.2, 0) is 0 Å². The third-order valence-corrected chi connectivity index (χ3v) is 8.28. The van der Waals surface area contributed by atoms with Gasteiger partial charge in [0.25, 0.3) is 0 Å². The van der Waals surface area contributed by atoms with Crippen molar-refractivity contribution in [1.29, 1.82) is 0 Å². The van der Waals surface area contributed by atoms with Gasteiger partial charge in [0.05, 0.1) is 11.9 Å². The Hall–Kier alpha value is -0.630. The van der Waals surface area contributed by atoms with Crippen molar-refractivity contribution in [3.8, 4) is 0 Å². The van der Waals surface area contributed by atoms with E-state index in [4.69, 9.17) is 0 Å². The Balaban J connectivity index is 1.69. The maximum Gasteiger partial charge on any atom is 0.0966 e. The average molecular weight is 318 g/mol. The molecule has 1 nitrogen and oxygen atoms in total. The first-order chi connectivity index (χ1) is 10.9. The Morgan fingerprint density at radius 1 is 1.13 bits per heavy atom. The number of allylic oxidation sites excluding steroid dienone is 3. The SMILES string of the molecule is C/C(F)=C1/CC[C@H]2[C@@H]3CC=C4C[C@@H](O)CC[C@]4(C)[C@H]3CC[C@]12C. The molecule has 4 rings (SSSR count). The molecule has 3 saturated carbocycles. The molecule has 3 fully saturated rings. The molecule has 0 aromatic rings. The molecule has 0 radical (unpaired) electrons. The largest absolute Gasteiger partial charge is 0.393 e. The van der Waals surface area contributed by atoms with Crippen LogP contribution in [0.25, 0.3) is 0 Å². The van der Waals surface area contributed by atoms with Crippen LogP contribution in [0.4, 0.5) is 4.39 Å². The molecule has 0 amide bonds. The van der Waals surface area contributed by atoms with Gasteiger partial charge in [0.1, 0.15) is 0 Å². The topological polar surface area (TPSA) is 20.2 Å². The third-order valence-electron chi connectivity index (χ3n) is 8.28. The number of hydrogen-bond acceptors (Lipinski definition) is 1. The van der Waals surface area contributed by atoms with Crippen LogP contribution in [0.5, 0.6) is 0 Å². The molecule has 0 aromatic carbocycles. The van der Waals surface area contributed by atoms with Gasteiger partial charge < -0.3 is 5.11 Å². The number of aliphatic hydroxyl groups is 1. The van der Waals surface area contributed by atoms with E-state index in [-0.39, 0.29) is 17.3 Å². The number of halogens is 1. The minimum Gasteiger partial charge on any atom is -0.393 e. The van der Waals surface area contributed by atoms with E-state index in [0.29, 0.717) is 11.3 Å². The average Bonchev–Trinajstić information content (AvgIpc) is 2.85. The van der Waals surface area contributed by atoms with Gasteiger partial charge in [-0.1, -0.05) is 25.5 Å². The minimum atomic E-state index is -0.130. The number of rotatable bonds is 0. The lowest BCUT2D eigenvalue weighted by atomic mass is 9.48. The first kappa shape index (κ1) is 15.9. The van der Waals surface area contributed by atoms with Crippen LogP contribution < -0.4 is 0 Å². The molecule has 4 aliphatic carbocycles. The molecule has 1 N–H and O–H groups in total. The molecule has 0 spiro atoms. The lowest BCUT2D eigenvalue weighted by Crippen LogP contribution is -2.49. The number of aliphatic hydroxyl groups excluding tert-OH is 1. The van der Waals surface area contributed by atoms with E-state index >= 15 is 0 Å². The van der Waals surface area contributed by atoms with Crippen molar-refractivity contribution in [2.45, 2.75) is 78.2 Å². The van der Waals surface area contributed by atoms with Crippen molar-refractivity contribution in [2.75, 3.05) is 0 Å². The standard InChI is InChI=1S/C21H31FO/c1-13(22)17-6-7-18-16-5-4-14-12-15(23)8-10-20(14,2)19(16)9-11-21(17,18)3/h4,15-16,18-19,23H,5-12H2,1-3H3/b17-13+/t15-,16-,18-,19-,20-,21+/m0/s1. The van der Waals surface area contributed by atoms with Gasteiger partial charge in [0.2, 0.25) is 0 Å². The molecule has 0 heterocycles. The van der Waals surface area contributed by atoms with Gasteiger partial charge in [-0.25, -0.2) is 4.39 Å². The highest BCUT2D eigenvalue weighted by molar-refractivity contribution is 5.30. The van der Waals surface area contributed by atoms with E-state index in [1.807, 2.05) is 0 Å². The summed E-state index contributed by atoms with van der Waals surface area (Å²) < 4.78 is 14.1. The highest BCUT2D eigenvalue weighted by atomic mass is 19.1. The highest BCUT2D eigenvalue weighted by Crippen LogP contribution is 2.66. The summed E-state index contributed by atoms with van der Waals surface area (Å²) in [6.07, 6.45) is 11.0. The molecule has 0 bridgehead atoms. The van der Waals surface area contributed by atoms with Crippen LogP contribution in [0.1, 0.15) is 72.1 Å². The molecule has 2 heteroatoms. The van der Waals surface area contributed by atoms with Crippen molar-refractivity contribution >= 4 is 0 Å². The lowest BCUT2D eigenvalue weighted by molar-refractivity contribution is -0.0272. The first-order valence-corrected chi connectivity index (χ1v) is 9.59. The van der Waals surface area contributed by atoms with E-state index in [0.717, 1.165) is 55.9 Å². The Labute approximate surface area is 140 Å². The Morgan fingerprint density at radius 2 is 1.83 bits per heavy atom. The van der Waals surface area contributed by atoms with E-state index in [1.165, 1.54) is 18.4 Å². The smallest absolute Gasteiger partial charge is 0.0966 e. The van der Waals surface area contributed by atoms with Crippen LogP contribution in [0.15, 0.2) is 23.0 Å². The summed E-state index contributed by atoms with van der Waals surface area (Å²) in [4.78, 5) is 0. The second kappa shape index (κ2) is 5.18. The van der Waals surface area contributed by atoms with Gasteiger partial charge in [-0.05, 0) is 92.4 Å². The van der Waals surface area contributed by atoms with Crippen molar-refractivity contribution in [3.05, 3.63) is 23.0 Å². The number of fused-ring (bicyclic) bond motifs is 5. The molecule has 0 saturated heterocycles. The Kier molecular flexibility index (Phi) is 3.58. The molecular weight excluding hydrogens is 287 g/mol. The fourth-order valence-electron chi connectivity index (χ4n) is 7.02. The Bertz CT molecular complexity index is 572. The predicted octanol–water partition coefficient (Wildman–Crippen LogP) is 5.55. The molecule has 0 aliphatic heterocycles. The normalized spacial score (nSPS) is 51.4. The molecule has 23 heavy (non-hydrogen) atoms. The highest BCUT2D eigenvalue weighted by Gasteiger charge is 2.57. The summed E-state index contributed by atoms with van der Waals surface area (Å²) in [6, 6.07) is 0. The second-order valence-electron chi connectivity index (χ2n) is 9.16. The van der Waals surface area contributed by atoms with Crippen LogP contribution in [0.3, 0.4) is 0 Å². The van der Waals surface area contributed by atoms with Crippen molar-refractivity contribution in [2.24, 2.45) is 28.6 Å². The van der Waals surface area contributed by atoms with Gasteiger partial charge in [0.15, 0.2) is 0 Å². The molecule has 128 valence electrons. The zero-order valence-corrected chi connectivity index (χ0v) is 14.9. The predicted molar refractivity (Wildman–Crippen MR) is 91.5 cm³/mol. The molecule has 0 aromatic heterocycles. The first-order valence-electron chi connectivity index (χ1n) is 9.59.